The van der Waals surface area contributed by atoms with E-state index in [1.54, 1.807) is 0 Å². The first-order chi connectivity index (χ1) is 7.26. The molecule has 2 atom stereocenters. The highest BCUT2D eigenvalue weighted by Crippen LogP contribution is 2.35. The summed E-state index contributed by atoms with van der Waals surface area (Å²) in [5, 5.41) is 18.6. The van der Waals surface area contributed by atoms with Gasteiger partial charge in [-0.3, -0.25) is 9.59 Å². The molecule has 1 rings (SSSR count). The van der Waals surface area contributed by atoms with Crippen LogP contribution in [0.3, 0.4) is 0 Å². The van der Waals surface area contributed by atoms with Crippen molar-refractivity contribution in [2.24, 2.45) is 5.92 Å². The monoisotopic (exact) mass is 266 g/mol. The summed E-state index contributed by atoms with van der Waals surface area (Å²) >= 11 is 11.2. The molecule has 0 bridgehead atoms. The highest BCUT2D eigenvalue weighted by atomic mass is 35.5. The van der Waals surface area contributed by atoms with Crippen molar-refractivity contribution in [1.29, 1.82) is 0 Å². The van der Waals surface area contributed by atoms with Gasteiger partial charge < -0.3 is 14.9 Å². The van der Waals surface area contributed by atoms with E-state index in [2.05, 4.69) is 4.74 Å². The van der Waals surface area contributed by atoms with Crippen LogP contribution in [0.4, 0.5) is 0 Å². The fraction of sp³-hybridized carbons (Fsp3) is 0.333. The second kappa shape index (κ2) is 4.45. The van der Waals surface area contributed by atoms with Gasteiger partial charge in [0.05, 0.1) is 10.1 Å². The number of hydrogen-bond acceptors (Lipinski definition) is 4. The Labute approximate surface area is 101 Å². The van der Waals surface area contributed by atoms with Crippen molar-refractivity contribution in [1.82, 2.24) is 0 Å². The standard InChI is InChI=1S/C9H8Cl2O5/c1-4(12)16-9(15)3-7(11)6(10)2-5(9)8(13)14/h2-3,5,15H,1H3,(H,13,14). The highest BCUT2D eigenvalue weighted by molar-refractivity contribution is 6.44. The zero-order chi connectivity index (χ0) is 12.5. The van der Waals surface area contributed by atoms with Gasteiger partial charge in [0, 0.05) is 13.0 Å². The van der Waals surface area contributed by atoms with Crippen LogP contribution in [-0.4, -0.2) is 27.9 Å². The lowest BCUT2D eigenvalue weighted by Gasteiger charge is -2.31. The number of carboxylic acids is 1. The average Bonchev–Trinajstić information content (AvgIpc) is 2.09. The Morgan fingerprint density at radius 3 is 2.44 bits per heavy atom. The number of halogens is 2. The molecule has 0 amide bonds. The molecule has 5 nitrogen and oxygen atoms in total. The molecule has 0 heterocycles. The van der Waals surface area contributed by atoms with Gasteiger partial charge in [-0.25, -0.2) is 0 Å². The quantitative estimate of drug-likeness (QED) is 0.580. The van der Waals surface area contributed by atoms with E-state index in [4.69, 9.17) is 28.3 Å². The Hall–Kier alpha value is -1.04. The fourth-order valence-corrected chi connectivity index (χ4v) is 1.66. The Morgan fingerprint density at radius 2 is 2.00 bits per heavy atom. The van der Waals surface area contributed by atoms with Crippen LogP contribution >= 0.6 is 23.2 Å². The molecule has 0 aromatic carbocycles. The molecule has 0 saturated carbocycles. The van der Waals surface area contributed by atoms with E-state index < -0.39 is 23.6 Å². The molecule has 0 aliphatic heterocycles. The Bertz CT molecular complexity index is 401. The number of esters is 1. The lowest BCUT2D eigenvalue weighted by Crippen LogP contribution is -2.45. The zero-order valence-electron chi connectivity index (χ0n) is 8.11. The minimum atomic E-state index is -2.31. The second-order valence-corrected chi connectivity index (χ2v) is 3.98. The summed E-state index contributed by atoms with van der Waals surface area (Å²) in [5.74, 6) is -6.03. The largest absolute Gasteiger partial charge is 0.481 e. The predicted molar refractivity (Wildman–Crippen MR) is 55.7 cm³/mol. The SMILES string of the molecule is CC(=O)OC1(O)C=C(Cl)C(Cl)=CC1C(=O)O. The van der Waals surface area contributed by atoms with E-state index >= 15 is 0 Å². The van der Waals surface area contributed by atoms with Gasteiger partial charge in [-0.05, 0) is 6.08 Å². The van der Waals surface area contributed by atoms with Crippen LogP contribution in [-0.2, 0) is 14.3 Å². The van der Waals surface area contributed by atoms with E-state index in [0.717, 1.165) is 19.1 Å². The van der Waals surface area contributed by atoms with E-state index in [9.17, 15) is 14.7 Å². The minimum Gasteiger partial charge on any atom is -0.481 e. The molecule has 1 aliphatic carbocycles. The van der Waals surface area contributed by atoms with Gasteiger partial charge in [-0.2, -0.15) is 0 Å². The smallest absolute Gasteiger partial charge is 0.317 e. The minimum absolute atomic E-state index is 0.0223. The molecule has 16 heavy (non-hydrogen) atoms. The number of ether oxygens (including phenoxy) is 1. The lowest BCUT2D eigenvalue weighted by molar-refractivity contribution is -0.205. The molecule has 7 heteroatoms. The van der Waals surface area contributed by atoms with Crippen molar-refractivity contribution in [3.05, 3.63) is 22.2 Å². The van der Waals surface area contributed by atoms with Crippen LogP contribution in [0.15, 0.2) is 22.2 Å². The Kier molecular flexibility index (Phi) is 3.62. The number of carboxylic acid groups (broad SMARTS) is 1. The van der Waals surface area contributed by atoms with Gasteiger partial charge in [-0.1, -0.05) is 23.2 Å². The number of carbonyl (C=O) groups is 2. The van der Waals surface area contributed by atoms with Gasteiger partial charge >= 0.3 is 11.9 Å². The van der Waals surface area contributed by atoms with Crippen molar-refractivity contribution >= 4 is 35.1 Å². The first kappa shape index (κ1) is 13.0. The van der Waals surface area contributed by atoms with Crippen molar-refractivity contribution in [3.63, 3.8) is 0 Å². The molecule has 2 unspecified atom stereocenters. The number of allylic oxidation sites excluding steroid dienone is 2. The maximum absolute atomic E-state index is 10.9. The summed E-state index contributed by atoms with van der Waals surface area (Å²) < 4.78 is 4.54. The molecule has 2 N–H and O–H groups in total. The molecule has 0 aromatic heterocycles. The molecule has 0 aromatic rings. The van der Waals surface area contributed by atoms with E-state index in [-0.39, 0.29) is 10.1 Å². The second-order valence-electron chi connectivity index (χ2n) is 3.17. The third-order valence-electron chi connectivity index (χ3n) is 1.89. The summed E-state index contributed by atoms with van der Waals surface area (Å²) in [6.07, 6.45) is 1.90. The topological polar surface area (TPSA) is 83.8 Å². The molecule has 0 radical (unpaired) electrons. The van der Waals surface area contributed by atoms with Gasteiger partial charge in [0.2, 0.25) is 5.79 Å². The zero-order valence-corrected chi connectivity index (χ0v) is 9.62. The first-order valence-electron chi connectivity index (χ1n) is 4.17. The molecule has 0 spiro atoms. The van der Waals surface area contributed by atoms with Crippen LogP contribution in [0, 0.1) is 5.92 Å². The Balaban J connectivity index is 3.15. The number of hydrogen-bond donors (Lipinski definition) is 2. The predicted octanol–water partition coefficient (Wildman–Crippen LogP) is 1.20. The highest BCUT2D eigenvalue weighted by Gasteiger charge is 2.45. The maximum atomic E-state index is 10.9. The number of rotatable bonds is 2. The van der Waals surface area contributed by atoms with Crippen LogP contribution in [0.25, 0.3) is 0 Å². The van der Waals surface area contributed by atoms with E-state index in [1.807, 2.05) is 0 Å². The number of aliphatic carboxylic acids is 1. The summed E-state index contributed by atoms with van der Waals surface area (Å²) in [6.45, 7) is 1.04. The summed E-state index contributed by atoms with van der Waals surface area (Å²) in [4.78, 5) is 21.6. The molecule has 0 fully saturated rings. The lowest BCUT2D eigenvalue weighted by atomic mass is 9.93. The molecular formula is C9H8Cl2O5. The van der Waals surface area contributed by atoms with Crippen LogP contribution < -0.4 is 0 Å². The number of carbonyl (C=O) groups excluding carboxylic acids is 1. The normalized spacial score (nSPS) is 29.1. The molecule has 1 aliphatic rings. The summed E-state index contributed by atoms with van der Waals surface area (Å²) in [7, 11) is 0. The van der Waals surface area contributed by atoms with Gasteiger partial charge in [0.15, 0.2) is 0 Å². The van der Waals surface area contributed by atoms with Crippen molar-refractivity contribution in [2.45, 2.75) is 12.7 Å². The van der Waals surface area contributed by atoms with E-state index in [0.29, 0.717) is 0 Å². The van der Waals surface area contributed by atoms with Crippen molar-refractivity contribution < 1.29 is 24.5 Å². The third-order valence-corrected chi connectivity index (χ3v) is 2.63. The molecular weight excluding hydrogens is 259 g/mol. The van der Waals surface area contributed by atoms with Crippen LogP contribution in [0.1, 0.15) is 6.92 Å². The summed E-state index contributed by atoms with van der Waals surface area (Å²) in [6, 6.07) is 0. The summed E-state index contributed by atoms with van der Waals surface area (Å²) in [5.41, 5.74) is 0. The van der Waals surface area contributed by atoms with Gasteiger partial charge in [0.25, 0.3) is 0 Å². The van der Waals surface area contributed by atoms with Crippen molar-refractivity contribution in [3.8, 4) is 0 Å². The third kappa shape index (κ3) is 2.55. The van der Waals surface area contributed by atoms with Gasteiger partial charge in [-0.15, -0.1) is 0 Å². The average molecular weight is 267 g/mol. The molecule has 88 valence electrons. The first-order valence-corrected chi connectivity index (χ1v) is 4.92. The van der Waals surface area contributed by atoms with Crippen LogP contribution in [0.5, 0.6) is 0 Å². The van der Waals surface area contributed by atoms with Crippen molar-refractivity contribution in [2.75, 3.05) is 0 Å². The maximum Gasteiger partial charge on any atom is 0.317 e. The van der Waals surface area contributed by atoms with Gasteiger partial charge in [0.1, 0.15) is 5.92 Å². The van der Waals surface area contributed by atoms with Crippen LogP contribution in [0.2, 0.25) is 0 Å². The van der Waals surface area contributed by atoms with E-state index in [1.165, 1.54) is 0 Å². The molecule has 0 saturated heterocycles. The fourth-order valence-electron chi connectivity index (χ4n) is 1.26. The number of aliphatic hydroxyl groups is 1. The Morgan fingerprint density at radius 1 is 1.44 bits per heavy atom.